The largest absolute Gasteiger partial charge is 0.494 e. The van der Waals surface area contributed by atoms with Gasteiger partial charge in [0.1, 0.15) is 5.75 Å². The van der Waals surface area contributed by atoms with Crippen LogP contribution in [0, 0.1) is 5.92 Å². The van der Waals surface area contributed by atoms with Crippen LogP contribution in [-0.2, 0) is 17.6 Å². The second-order valence-electron chi connectivity index (χ2n) is 6.37. The van der Waals surface area contributed by atoms with Crippen molar-refractivity contribution in [1.82, 2.24) is 10.2 Å². The van der Waals surface area contributed by atoms with Crippen LogP contribution in [0.1, 0.15) is 38.3 Å². The van der Waals surface area contributed by atoms with Crippen LogP contribution in [0.5, 0.6) is 5.75 Å². The highest BCUT2D eigenvalue weighted by Crippen LogP contribution is 2.25. The van der Waals surface area contributed by atoms with Crippen LogP contribution in [-0.4, -0.2) is 43.6 Å². The third kappa shape index (κ3) is 5.24. The van der Waals surface area contributed by atoms with Gasteiger partial charge >= 0.3 is 0 Å². The Morgan fingerprint density at radius 3 is 2.70 bits per heavy atom. The molecule has 2 rings (SSSR count). The molecule has 0 spiro atoms. The molecule has 1 aromatic rings. The average Bonchev–Trinajstić information content (AvgIpc) is 2.57. The first kappa shape index (κ1) is 17.8. The predicted molar refractivity (Wildman–Crippen MR) is 93.9 cm³/mol. The van der Waals surface area contributed by atoms with Crippen molar-refractivity contribution in [2.45, 2.75) is 40.0 Å². The molecule has 128 valence electrons. The molecule has 0 bridgehead atoms. The van der Waals surface area contributed by atoms with Gasteiger partial charge in [-0.2, -0.15) is 0 Å². The minimum Gasteiger partial charge on any atom is -0.494 e. The average molecular weight is 318 g/mol. The number of benzene rings is 1. The number of hydrogen-bond acceptors (Lipinski definition) is 3. The number of amides is 1. The van der Waals surface area contributed by atoms with Gasteiger partial charge in [0.15, 0.2) is 0 Å². The summed E-state index contributed by atoms with van der Waals surface area (Å²) < 4.78 is 5.76. The zero-order valence-corrected chi connectivity index (χ0v) is 14.7. The third-order valence-electron chi connectivity index (χ3n) is 4.39. The topological polar surface area (TPSA) is 41.6 Å². The maximum Gasteiger partial charge on any atom is 0.222 e. The van der Waals surface area contributed by atoms with Gasteiger partial charge in [0.2, 0.25) is 5.91 Å². The molecule has 4 nitrogen and oxygen atoms in total. The molecule has 1 heterocycles. The van der Waals surface area contributed by atoms with Gasteiger partial charge in [-0.25, -0.2) is 0 Å². The van der Waals surface area contributed by atoms with Crippen LogP contribution in [0.25, 0.3) is 0 Å². The second kappa shape index (κ2) is 8.92. The molecule has 1 unspecified atom stereocenters. The summed E-state index contributed by atoms with van der Waals surface area (Å²) in [6.45, 7) is 10.5. The number of carbonyl (C=O) groups excluding carboxylic acids is 1. The summed E-state index contributed by atoms with van der Waals surface area (Å²) in [5.74, 6) is 1.57. The molecule has 0 aliphatic carbocycles. The highest BCUT2D eigenvalue weighted by Gasteiger charge is 2.19. The molecule has 1 aromatic carbocycles. The number of carbonyl (C=O) groups is 1. The minimum atomic E-state index is 0.281. The van der Waals surface area contributed by atoms with Gasteiger partial charge in [0.05, 0.1) is 6.61 Å². The van der Waals surface area contributed by atoms with Crippen molar-refractivity contribution < 1.29 is 9.53 Å². The number of nitrogens with zero attached hydrogens (tertiary/aromatic N) is 1. The van der Waals surface area contributed by atoms with Gasteiger partial charge in [-0.05, 0) is 42.9 Å². The molecule has 4 heteroatoms. The highest BCUT2D eigenvalue weighted by molar-refractivity contribution is 5.76. The lowest BCUT2D eigenvalue weighted by Gasteiger charge is -2.28. The fourth-order valence-electron chi connectivity index (χ4n) is 3.10. The Morgan fingerprint density at radius 2 is 2.04 bits per heavy atom. The van der Waals surface area contributed by atoms with E-state index in [1.165, 1.54) is 11.1 Å². The van der Waals surface area contributed by atoms with E-state index < -0.39 is 0 Å². The van der Waals surface area contributed by atoms with Crippen molar-refractivity contribution >= 4 is 5.91 Å². The lowest BCUT2D eigenvalue weighted by molar-refractivity contribution is -0.132. The van der Waals surface area contributed by atoms with Crippen molar-refractivity contribution in [3.05, 3.63) is 29.3 Å². The maximum absolute atomic E-state index is 12.4. The summed E-state index contributed by atoms with van der Waals surface area (Å²) in [5.41, 5.74) is 2.55. The number of ether oxygens (including phenoxy) is 1. The molecular weight excluding hydrogens is 288 g/mol. The van der Waals surface area contributed by atoms with E-state index in [0.29, 0.717) is 18.9 Å². The molecule has 1 fully saturated rings. The molecular formula is C19H30N2O2. The monoisotopic (exact) mass is 318 g/mol. The first-order valence-corrected chi connectivity index (χ1v) is 8.87. The Labute approximate surface area is 140 Å². The first-order chi connectivity index (χ1) is 11.1. The van der Waals surface area contributed by atoms with E-state index in [1.54, 1.807) is 0 Å². The standard InChI is InChI=1S/C19H30N2O2/c1-4-16-6-7-18(23-5-2)17(14-16)12-15(3)13-19(22)21-10-8-20-9-11-21/h6-7,14-15,20H,4-5,8-13H2,1-3H3. The first-order valence-electron chi connectivity index (χ1n) is 8.87. The Morgan fingerprint density at radius 1 is 1.30 bits per heavy atom. The van der Waals surface area contributed by atoms with Crippen LogP contribution in [0.4, 0.5) is 0 Å². The van der Waals surface area contributed by atoms with E-state index in [4.69, 9.17) is 4.74 Å². The van der Waals surface area contributed by atoms with Crippen molar-refractivity contribution in [2.75, 3.05) is 32.8 Å². The SMILES string of the molecule is CCOc1ccc(CC)cc1CC(C)CC(=O)N1CCNCC1. The Hall–Kier alpha value is -1.55. The zero-order valence-electron chi connectivity index (χ0n) is 14.7. The van der Waals surface area contributed by atoms with Crippen molar-refractivity contribution in [3.8, 4) is 5.75 Å². The Bertz CT molecular complexity index is 510. The van der Waals surface area contributed by atoms with Crippen LogP contribution < -0.4 is 10.1 Å². The van der Waals surface area contributed by atoms with Crippen LogP contribution in [0.3, 0.4) is 0 Å². The van der Waals surface area contributed by atoms with Crippen molar-refractivity contribution in [2.24, 2.45) is 5.92 Å². The van der Waals surface area contributed by atoms with Crippen LogP contribution in [0.2, 0.25) is 0 Å². The third-order valence-corrected chi connectivity index (χ3v) is 4.39. The summed E-state index contributed by atoms with van der Waals surface area (Å²) in [4.78, 5) is 14.4. The number of rotatable bonds is 7. The Balaban J connectivity index is 1.97. The quantitative estimate of drug-likeness (QED) is 0.840. The van der Waals surface area contributed by atoms with E-state index in [1.807, 2.05) is 11.8 Å². The van der Waals surface area contributed by atoms with Gasteiger partial charge in [-0.1, -0.05) is 26.0 Å². The molecule has 0 radical (unpaired) electrons. The van der Waals surface area contributed by atoms with E-state index >= 15 is 0 Å². The fourth-order valence-corrected chi connectivity index (χ4v) is 3.10. The van der Waals surface area contributed by atoms with Crippen molar-refractivity contribution in [1.29, 1.82) is 0 Å². The molecule has 1 N–H and O–H groups in total. The highest BCUT2D eigenvalue weighted by atomic mass is 16.5. The number of aryl methyl sites for hydroxylation is 1. The molecule has 0 saturated carbocycles. The maximum atomic E-state index is 12.4. The van der Waals surface area contributed by atoms with E-state index in [2.05, 4.69) is 37.4 Å². The molecule has 1 aliphatic rings. The normalized spacial score (nSPS) is 16.2. The van der Waals surface area contributed by atoms with E-state index in [-0.39, 0.29) is 5.91 Å². The lowest BCUT2D eigenvalue weighted by atomic mass is 9.95. The molecule has 1 aliphatic heterocycles. The van der Waals surface area contributed by atoms with Gasteiger partial charge in [-0.3, -0.25) is 4.79 Å². The Kier molecular flexibility index (Phi) is 6.90. The van der Waals surface area contributed by atoms with Crippen molar-refractivity contribution in [3.63, 3.8) is 0 Å². The second-order valence-corrected chi connectivity index (χ2v) is 6.37. The van der Waals surface area contributed by atoms with E-state index in [9.17, 15) is 4.79 Å². The molecule has 1 atom stereocenters. The van der Waals surface area contributed by atoms with Crippen LogP contribution >= 0.6 is 0 Å². The molecule has 0 aromatic heterocycles. The summed E-state index contributed by atoms with van der Waals surface area (Å²) >= 11 is 0. The van der Waals surface area contributed by atoms with Gasteiger partial charge < -0.3 is 15.0 Å². The lowest BCUT2D eigenvalue weighted by Crippen LogP contribution is -2.46. The molecule has 1 amide bonds. The number of nitrogens with one attached hydrogen (secondary N) is 1. The molecule has 23 heavy (non-hydrogen) atoms. The number of hydrogen-bond donors (Lipinski definition) is 1. The van der Waals surface area contributed by atoms with Gasteiger partial charge in [-0.15, -0.1) is 0 Å². The molecule has 1 saturated heterocycles. The predicted octanol–water partition coefficient (Wildman–Crippen LogP) is 2.65. The smallest absolute Gasteiger partial charge is 0.222 e. The number of piperazine rings is 1. The van der Waals surface area contributed by atoms with Gasteiger partial charge in [0, 0.05) is 32.6 Å². The van der Waals surface area contributed by atoms with Crippen LogP contribution in [0.15, 0.2) is 18.2 Å². The summed E-state index contributed by atoms with van der Waals surface area (Å²) in [5, 5.41) is 3.29. The minimum absolute atomic E-state index is 0.281. The van der Waals surface area contributed by atoms with E-state index in [0.717, 1.165) is 44.8 Å². The summed E-state index contributed by atoms with van der Waals surface area (Å²) in [6.07, 6.45) is 2.52. The van der Waals surface area contributed by atoms with Gasteiger partial charge in [0.25, 0.3) is 0 Å². The summed E-state index contributed by atoms with van der Waals surface area (Å²) in [6, 6.07) is 6.43. The fraction of sp³-hybridized carbons (Fsp3) is 0.632. The summed E-state index contributed by atoms with van der Waals surface area (Å²) in [7, 11) is 0. The zero-order chi connectivity index (χ0) is 16.7.